The van der Waals surface area contributed by atoms with E-state index in [1.54, 1.807) is 0 Å². The van der Waals surface area contributed by atoms with Gasteiger partial charge in [0.05, 0.1) is 0 Å². The fourth-order valence-corrected chi connectivity index (χ4v) is 3.16. The molecule has 4 heteroatoms. The summed E-state index contributed by atoms with van der Waals surface area (Å²) in [6.07, 6.45) is 8.04. The summed E-state index contributed by atoms with van der Waals surface area (Å²) in [5.74, 6) is 0. The van der Waals surface area contributed by atoms with E-state index in [0.29, 0.717) is 0 Å². The van der Waals surface area contributed by atoms with Crippen LogP contribution >= 0.6 is 0 Å². The number of nitrogens with two attached hydrogens (primary N) is 1. The molecule has 17 heavy (non-hydrogen) atoms. The number of rotatable bonds is 6. The van der Waals surface area contributed by atoms with Crippen molar-refractivity contribution in [1.29, 1.82) is 0 Å². The van der Waals surface area contributed by atoms with E-state index in [2.05, 4.69) is 12.2 Å². The average molecular weight is 240 g/mol. The first kappa shape index (κ1) is 12.7. The van der Waals surface area contributed by atoms with Crippen LogP contribution in [0.2, 0.25) is 0 Å². The van der Waals surface area contributed by atoms with Gasteiger partial charge in [-0.3, -0.25) is 0 Å². The highest BCUT2D eigenvalue weighted by Crippen LogP contribution is 2.55. The van der Waals surface area contributed by atoms with Gasteiger partial charge in [-0.05, 0) is 19.3 Å². The van der Waals surface area contributed by atoms with E-state index >= 15 is 0 Å². The molecule has 0 aliphatic heterocycles. The molecule has 3 fully saturated rings. The van der Waals surface area contributed by atoms with E-state index in [0.717, 1.165) is 38.6 Å². The standard InChI is InChI=1S/C13H24N2O2/c1-2-3-4-5-8-15-11(16)17-13-7-6-12(14,9-13)10-13/h2-10,14H2,1H3,(H,15,16). The summed E-state index contributed by atoms with van der Waals surface area (Å²) in [7, 11) is 0. The predicted molar refractivity (Wildman–Crippen MR) is 66.7 cm³/mol. The zero-order chi connectivity index (χ0) is 12.4. The Labute approximate surface area is 103 Å². The van der Waals surface area contributed by atoms with Crippen LogP contribution in [0.25, 0.3) is 0 Å². The van der Waals surface area contributed by atoms with Crippen molar-refractivity contribution in [2.75, 3.05) is 6.54 Å². The highest BCUT2D eigenvalue weighted by Gasteiger charge is 2.61. The van der Waals surface area contributed by atoms with Gasteiger partial charge < -0.3 is 15.8 Å². The summed E-state index contributed by atoms with van der Waals surface area (Å²) < 4.78 is 5.51. The number of unbranched alkanes of at least 4 members (excludes halogenated alkanes) is 3. The van der Waals surface area contributed by atoms with Gasteiger partial charge in [-0.1, -0.05) is 26.2 Å². The number of alkyl carbamates (subject to hydrolysis) is 1. The number of carbonyl (C=O) groups excluding carboxylic acids is 1. The molecule has 4 nitrogen and oxygen atoms in total. The third-order valence-electron chi connectivity index (χ3n) is 4.04. The lowest BCUT2D eigenvalue weighted by Gasteiger charge is -2.43. The molecule has 98 valence electrons. The van der Waals surface area contributed by atoms with Crippen LogP contribution in [0.15, 0.2) is 0 Å². The average Bonchev–Trinajstić information content (AvgIpc) is 2.70. The normalized spacial score (nSPS) is 34.2. The van der Waals surface area contributed by atoms with Crippen LogP contribution in [0.4, 0.5) is 4.79 Å². The Bertz CT molecular complexity index is 285. The molecule has 0 spiro atoms. The van der Waals surface area contributed by atoms with E-state index in [-0.39, 0.29) is 17.2 Å². The highest BCUT2D eigenvalue weighted by atomic mass is 16.6. The Morgan fingerprint density at radius 3 is 2.65 bits per heavy atom. The molecule has 3 saturated carbocycles. The minimum Gasteiger partial charge on any atom is -0.443 e. The Hall–Kier alpha value is -0.770. The summed E-state index contributed by atoms with van der Waals surface area (Å²) in [5, 5.41) is 2.83. The molecule has 3 aliphatic rings. The molecular formula is C13H24N2O2. The molecule has 0 aromatic heterocycles. The van der Waals surface area contributed by atoms with E-state index in [1.165, 1.54) is 19.3 Å². The molecule has 0 radical (unpaired) electrons. The van der Waals surface area contributed by atoms with Crippen LogP contribution in [0.3, 0.4) is 0 Å². The molecule has 0 unspecified atom stereocenters. The van der Waals surface area contributed by atoms with Crippen LogP contribution in [0.1, 0.15) is 58.3 Å². The predicted octanol–water partition coefficient (Wildman–Crippen LogP) is 2.32. The van der Waals surface area contributed by atoms with Crippen LogP contribution in [0.5, 0.6) is 0 Å². The number of fused-ring (bicyclic) bond motifs is 1. The quantitative estimate of drug-likeness (QED) is 0.700. The van der Waals surface area contributed by atoms with Crippen LogP contribution in [-0.2, 0) is 4.74 Å². The minimum atomic E-state index is -0.259. The fourth-order valence-electron chi connectivity index (χ4n) is 3.16. The molecule has 0 saturated heterocycles. The fraction of sp³-hybridized carbons (Fsp3) is 0.923. The SMILES string of the molecule is CCCCCCNC(=O)OC12CCC(N)(C1)C2. The van der Waals surface area contributed by atoms with Gasteiger partial charge >= 0.3 is 6.09 Å². The lowest BCUT2D eigenvalue weighted by molar-refractivity contribution is -0.0452. The first-order chi connectivity index (χ1) is 8.08. The van der Waals surface area contributed by atoms with Gasteiger partial charge in [0.2, 0.25) is 0 Å². The van der Waals surface area contributed by atoms with E-state index in [1.807, 2.05) is 0 Å². The Morgan fingerprint density at radius 1 is 1.29 bits per heavy atom. The largest absolute Gasteiger partial charge is 0.443 e. The maximum atomic E-state index is 11.6. The second kappa shape index (κ2) is 4.84. The summed E-state index contributed by atoms with van der Waals surface area (Å²) >= 11 is 0. The van der Waals surface area contributed by atoms with Crippen molar-refractivity contribution in [2.45, 2.75) is 69.4 Å². The summed E-state index contributed by atoms with van der Waals surface area (Å²) in [6.45, 7) is 2.90. The number of amides is 1. The number of carbonyl (C=O) groups is 1. The van der Waals surface area contributed by atoms with Gasteiger partial charge in [-0.25, -0.2) is 4.79 Å². The monoisotopic (exact) mass is 240 g/mol. The third kappa shape index (κ3) is 2.92. The molecule has 0 aromatic rings. The van der Waals surface area contributed by atoms with Crippen molar-refractivity contribution in [2.24, 2.45) is 5.73 Å². The molecule has 0 atom stereocenters. The summed E-state index contributed by atoms with van der Waals surface area (Å²) in [4.78, 5) is 11.6. The van der Waals surface area contributed by atoms with E-state index in [4.69, 9.17) is 10.5 Å². The van der Waals surface area contributed by atoms with Crippen LogP contribution < -0.4 is 11.1 Å². The second-order valence-corrected chi connectivity index (χ2v) is 5.78. The third-order valence-corrected chi connectivity index (χ3v) is 4.04. The molecule has 3 aliphatic carbocycles. The number of hydrogen-bond acceptors (Lipinski definition) is 3. The Balaban J connectivity index is 1.59. The smallest absolute Gasteiger partial charge is 0.407 e. The van der Waals surface area contributed by atoms with Gasteiger partial charge in [0, 0.05) is 24.9 Å². The van der Waals surface area contributed by atoms with Crippen LogP contribution in [-0.4, -0.2) is 23.8 Å². The lowest BCUT2D eigenvalue weighted by atomic mass is 9.74. The maximum absolute atomic E-state index is 11.6. The number of nitrogens with one attached hydrogen (secondary N) is 1. The van der Waals surface area contributed by atoms with Crippen molar-refractivity contribution in [3.63, 3.8) is 0 Å². The topological polar surface area (TPSA) is 64.3 Å². The molecule has 2 bridgehead atoms. The van der Waals surface area contributed by atoms with Crippen molar-refractivity contribution in [1.82, 2.24) is 5.32 Å². The molecule has 3 rings (SSSR count). The van der Waals surface area contributed by atoms with Crippen molar-refractivity contribution in [3.8, 4) is 0 Å². The van der Waals surface area contributed by atoms with Crippen molar-refractivity contribution >= 4 is 6.09 Å². The Morgan fingerprint density at radius 2 is 2.06 bits per heavy atom. The second-order valence-electron chi connectivity index (χ2n) is 5.78. The first-order valence-electron chi connectivity index (χ1n) is 6.83. The minimum absolute atomic E-state index is 0.0264. The molecule has 1 amide bonds. The summed E-state index contributed by atoms with van der Waals surface area (Å²) in [6, 6.07) is 0. The number of hydrogen-bond donors (Lipinski definition) is 2. The van der Waals surface area contributed by atoms with E-state index < -0.39 is 0 Å². The zero-order valence-corrected chi connectivity index (χ0v) is 10.8. The molecule has 0 aromatic carbocycles. The Kier molecular flexibility index (Phi) is 3.61. The lowest BCUT2D eigenvalue weighted by Crippen LogP contribution is -2.56. The van der Waals surface area contributed by atoms with Crippen molar-refractivity contribution in [3.05, 3.63) is 0 Å². The zero-order valence-electron chi connectivity index (χ0n) is 10.8. The van der Waals surface area contributed by atoms with Gasteiger partial charge in [0.25, 0.3) is 0 Å². The molecular weight excluding hydrogens is 216 g/mol. The van der Waals surface area contributed by atoms with Crippen molar-refractivity contribution < 1.29 is 9.53 Å². The van der Waals surface area contributed by atoms with Gasteiger partial charge in [0.15, 0.2) is 0 Å². The van der Waals surface area contributed by atoms with E-state index in [9.17, 15) is 4.79 Å². The number of ether oxygens (including phenoxy) is 1. The van der Waals surface area contributed by atoms with Crippen LogP contribution in [0, 0.1) is 0 Å². The molecule has 0 heterocycles. The van der Waals surface area contributed by atoms with Gasteiger partial charge in [-0.15, -0.1) is 0 Å². The molecule has 3 N–H and O–H groups in total. The van der Waals surface area contributed by atoms with Gasteiger partial charge in [0.1, 0.15) is 5.60 Å². The summed E-state index contributed by atoms with van der Waals surface area (Å²) in [5.41, 5.74) is 5.80. The maximum Gasteiger partial charge on any atom is 0.407 e. The highest BCUT2D eigenvalue weighted by molar-refractivity contribution is 5.68. The van der Waals surface area contributed by atoms with Gasteiger partial charge in [-0.2, -0.15) is 0 Å². The first-order valence-corrected chi connectivity index (χ1v) is 6.83.